The first-order valence-electron chi connectivity index (χ1n) is 5.65. The first-order chi connectivity index (χ1) is 9.52. The fourth-order valence-corrected chi connectivity index (χ4v) is 2.08. The van der Waals surface area contributed by atoms with Gasteiger partial charge in [0.2, 0.25) is 0 Å². The van der Waals surface area contributed by atoms with E-state index in [9.17, 15) is 14.3 Å². The summed E-state index contributed by atoms with van der Waals surface area (Å²) < 4.78 is 18.9. The normalized spacial score (nSPS) is 10.2. The summed E-state index contributed by atoms with van der Waals surface area (Å²) in [5.41, 5.74) is 0.242. The Labute approximate surface area is 123 Å². The average Bonchev–Trinajstić information content (AvgIpc) is 2.42. The summed E-state index contributed by atoms with van der Waals surface area (Å²) in [4.78, 5) is 12.0. The first kappa shape index (κ1) is 14.3. The fraction of sp³-hybridized carbons (Fsp3) is 0.0714. The van der Waals surface area contributed by atoms with Gasteiger partial charge in [-0.05, 0) is 46.3 Å². The Balaban J connectivity index is 2.26. The number of nitrogens with one attached hydrogen (secondary N) is 1. The number of para-hydroxylation sites is 1. The molecule has 0 bridgehead atoms. The number of rotatable bonds is 3. The third-order valence-electron chi connectivity index (χ3n) is 2.64. The topological polar surface area (TPSA) is 58.6 Å². The van der Waals surface area contributed by atoms with Gasteiger partial charge >= 0.3 is 0 Å². The molecular weight excluding hydrogens is 329 g/mol. The minimum absolute atomic E-state index is 0.0489. The van der Waals surface area contributed by atoms with Crippen molar-refractivity contribution in [2.45, 2.75) is 0 Å². The molecule has 0 aliphatic carbocycles. The number of anilines is 1. The zero-order chi connectivity index (χ0) is 14.7. The summed E-state index contributed by atoms with van der Waals surface area (Å²) in [5, 5.41) is 12.1. The molecule has 0 spiro atoms. The molecule has 0 saturated heterocycles. The zero-order valence-corrected chi connectivity index (χ0v) is 12.1. The number of phenols is 1. The lowest BCUT2D eigenvalue weighted by molar-refractivity contribution is 0.102. The number of methoxy groups -OCH3 is 1. The van der Waals surface area contributed by atoms with E-state index in [1.54, 1.807) is 6.07 Å². The Hall–Kier alpha value is -2.08. The van der Waals surface area contributed by atoms with Crippen LogP contribution in [0.3, 0.4) is 0 Å². The molecule has 1 amide bonds. The standard InChI is InChI=1S/C14H11BrFNO3/c1-20-12-6-5-8(7-11(12)18)14(19)17-13-9(15)3-2-4-10(13)16/h2-7,18H,1H3,(H,17,19). The van der Waals surface area contributed by atoms with Crippen molar-refractivity contribution in [3.8, 4) is 11.5 Å². The Bertz CT molecular complexity index is 641. The summed E-state index contributed by atoms with van der Waals surface area (Å²) in [6.07, 6.45) is 0. The molecule has 0 atom stereocenters. The van der Waals surface area contributed by atoms with E-state index in [0.29, 0.717) is 4.47 Å². The molecule has 0 unspecified atom stereocenters. The van der Waals surface area contributed by atoms with E-state index in [-0.39, 0.29) is 22.7 Å². The van der Waals surface area contributed by atoms with Crippen molar-refractivity contribution in [3.05, 3.63) is 52.3 Å². The van der Waals surface area contributed by atoms with Crippen LogP contribution in [-0.2, 0) is 0 Å². The minimum atomic E-state index is -0.551. The van der Waals surface area contributed by atoms with Gasteiger partial charge in [-0.3, -0.25) is 4.79 Å². The molecule has 0 aromatic heterocycles. The van der Waals surface area contributed by atoms with Crippen molar-refractivity contribution >= 4 is 27.5 Å². The number of ether oxygens (including phenoxy) is 1. The van der Waals surface area contributed by atoms with Gasteiger partial charge < -0.3 is 15.2 Å². The van der Waals surface area contributed by atoms with Crippen LogP contribution in [0.2, 0.25) is 0 Å². The van der Waals surface area contributed by atoms with Gasteiger partial charge in [-0.15, -0.1) is 0 Å². The first-order valence-corrected chi connectivity index (χ1v) is 6.44. The maximum absolute atomic E-state index is 13.6. The number of phenolic OH excluding ortho intramolecular Hbond substituents is 1. The van der Waals surface area contributed by atoms with Crippen LogP contribution in [0.1, 0.15) is 10.4 Å². The Morgan fingerprint density at radius 2 is 2.10 bits per heavy atom. The molecule has 104 valence electrons. The molecule has 2 aromatic carbocycles. The van der Waals surface area contributed by atoms with E-state index in [2.05, 4.69) is 21.2 Å². The number of carbonyl (C=O) groups is 1. The molecular formula is C14H11BrFNO3. The van der Waals surface area contributed by atoms with E-state index in [1.807, 2.05) is 0 Å². The van der Waals surface area contributed by atoms with Crippen LogP contribution in [-0.4, -0.2) is 18.1 Å². The lowest BCUT2D eigenvalue weighted by Gasteiger charge is -2.09. The molecule has 0 fully saturated rings. The second kappa shape index (κ2) is 5.92. The highest BCUT2D eigenvalue weighted by Crippen LogP contribution is 2.28. The minimum Gasteiger partial charge on any atom is -0.504 e. The molecule has 0 saturated carbocycles. The number of hydrogen-bond donors (Lipinski definition) is 2. The molecule has 0 aliphatic heterocycles. The lowest BCUT2D eigenvalue weighted by Crippen LogP contribution is -2.13. The number of hydrogen-bond acceptors (Lipinski definition) is 3. The Kier molecular flexibility index (Phi) is 4.24. The SMILES string of the molecule is COc1ccc(C(=O)Nc2c(F)cccc2Br)cc1O. The van der Waals surface area contributed by atoms with E-state index >= 15 is 0 Å². The summed E-state index contributed by atoms with van der Waals surface area (Å²) in [6, 6.07) is 8.57. The van der Waals surface area contributed by atoms with Gasteiger partial charge in [0.25, 0.3) is 5.91 Å². The third-order valence-corrected chi connectivity index (χ3v) is 3.30. The molecule has 0 heterocycles. The summed E-state index contributed by atoms with van der Waals surface area (Å²) in [5.74, 6) is -0.986. The van der Waals surface area contributed by atoms with Crippen LogP contribution in [0.25, 0.3) is 0 Å². The zero-order valence-electron chi connectivity index (χ0n) is 10.5. The summed E-state index contributed by atoms with van der Waals surface area (Å²) in [7, 11) is 1.41. The third kappa shape index (κ3) is 2.91. The van der Waals surface area contributed by atoms with Crippen molar-refractivity contribution in [3.63, 3.8) is 0 Å². The van der Waals surface area contributed by atoms with Crippen molar-refractivity contribution in [2.24, 2.45) is 0 Å². The number of amides is 1. The molecule has 0 radical (unpaired) electrons. The van der Waals surface area contributed by atoms with E-state index in [1.165, 1.54) is 37.4 Å². The van der Waals surface area contributed by atoms with Crippen molar-refractivity contribution in [1.82, 2.24) is 0 Å². The van der Waals surface area contributed by atoms with Crippen LogP contribution < -0.4 is 10.1 Å². The van der Waals surface area contributed by atoms with Gasteiger partial charge in [-0.2, -0.15) is 0 Å². The van der Waals surface area contributed by atoms with E-state index < -0.39 is 11.7 Å². The van der Waals surface area contributed by atoms with Gasteiger partial charge in [-0.25, -0.2) is 4.39 Å². The largest absolute Gasteiger partial charge is 0.504 e. The number of halogens is 2. The van der Waals surface area contributed by atoms with Gasteiger partial charge in [-0.1, -0.05) is 6.07 Å². The van der Waals surface area contributed by atoms with Crippen LogP contribution in [0.4, 0.5) is 10.1 Å². The molecule has 0 aliphatic rings. The number of benzene rings is 2. The quantitative estimate of drug-likeness (QED) is 0.898. The number of aromatic hydroxyl groups is 1. The molecule has 6 heteroatoms. The molecule has 4 nitrogen and oxygen atoms in total. The molecule has 2 aromatic rings. The highest BCUT2D eigenvalue weighted by Gasteiger charge is 2.13. The molecule has 20 heavy (non-hydrogen) atoms. The van der Waals surface area contributed by atoms with Crippen molar-refractivity contribution in [2.75, 3.05) is 12.4 Å². The highest BCUT2D eigenvalue weighted by atomic mass is 79.9. The van der Waals surface area contributed by atoms with Crippen molar-refractivity contribution in [1.29, 1.82) is 0 Å². The van der Waals surface area contributed by atoms with Gasteiger partial charge in [0.05, 0.1) is 12.8 Å². The fourth-order valence-electron chi connectivity index (χ4n) is 1.63. The van der Waals surface area contributed by atoms with Gasteiger partial charge in [0, 0.05) is 10.0 Å². The van der Waals surface area contributed by atoms with Crippen LogP contribution >= 0.6 is 15.9 Å². The Morgan fingerprint density at radius 3 is 2.70 bits per heavy atom. The summed E-state index contributed by atoms with van der Waals surface area (Å²) in [6.45, 7) is 0. The van der Waals surface area contributed by atoms with Crippen molar-refractivity contribution < 1.29 is 19.0 Å². The maximum Gasteiger partial charge on any atom is 0.255 e. The van der Waals surface area contributed by atoms with E-state index in [4.69, 9.17) is 4.74 Å². The summed E-state index contributed by atoms with van der Waals surface area (Å²) >= 11 is 3.16. The predicted molar refractivity (Wildman–Crippen MR) is 76.7 cm³/mol. The predicted octanol–water partition coefficient (Wildman–Crippen LogP) is 3.55. The Morgan fingerprint density at radius 1 is 1.35 bits per heavy atom. The van der Waals surface area contributed by atoms with E-state index in [0.717, 1.165) is 0 Å². The monoisotopic (exact) mass is 339 g/mol. The average molecular weight is 340 g/mol. The van der Waals surface area contributed by atoms with Crippen LogP contribution in [0, 0.1) is 5.82 Å². The second-order valence-corrected chi connectivity index (χ2v) is 4.79. The number of carbonyl (C=O) groups excluding carboxylic acids is 1. The molecule has 2 N–H and O–H groups in total. The van der Waals surface area contributed by atoms with Crippen LogP contribution in [0.15, 0.2) is 40.9 Å². The van der Waals surface area contributed by atoms with Gasteiger partial charge in [0.1, 0.15) is 5.82 Å². The van der Waals surface area contributed by atoms with Gasteiger partial charge in [0.15, 0.2) is 11.5 Å². The second-order valence-electron chi connectivity index (χ2n) is 3.94. The lowest BCUT2D eigenvalue weighted by atomic mass is 10.2. The molecule has 2 rings (SSSR count). The van der Waals surface area contributed by atoms with Crippen LogP contribution in [0.5, 0.6) is 11.5 Å². The highest BCUT2D eigenvalue weighted by molar-refractivity contribution is 9.10. The smallest absolute Gasteiger partial charge is 0.255 e. The maximum atomic E-state index is 13.6.